The van der Waals surface area contributed by atoms with E-state index in [1.807, 2.05) is 0 Å². The molecule has 3 nitrogen and oxygen atoms in total. The van der Waals surface area contributed by atoms with Crippen molar-refractivity contribution in [3.05, 3.63) is 35.6 Å². The van der Waals surface area contributed by atoms with E-state index in [2.05, 4.69) is 23.9 Å². The highest BCUT2D eigenvalue weighted by Crippen LogP contribution is 2.42. The number of hydrogen-bond acceptors (Lipinski definition) is 2. The Morgan fingerprint density at radius 2 is 1.88 bits per heavy atom. The molecule has 5 heteroatoms. The van der Waals surface area contributed by atoms with Crippen LogP contribution in [-0.2, 0) is 11.2 Å². The molecule has 2 fully saturated rings. The molecule has 1 amide bonds. The lowest BCUT2D eigenvalue weighted by molar-refractivity contribution is -0.130. The molecular weight excluding hydrogens is 327 g/mol. The van der Waals surface area contributed by atoms with E-state index >= 15 is 0 Å². The Balaban J connectivity index is 0.00000208. The molecule has 1 aromatic carbocycles. The molecule has 0 bridgehead atoms. The van der Waals surface area contributed by atoms with E-state index in [1.165, 1.54) is 25.0 Å². The molecule has 134 valence electrons. The van der Waals surface area contributed by atoms with Crippen molar-refractivity contribution in [2.75, 3.05) is 27.2 Å². The molecule has 2 atom stereocenters. The van der Waals surface area contributed by atoms with Crippen LogP contribution >= 0.6 is 12.4 Å². The van der Waals surface area contributed by atoms with Crippen molar-refractivity contribution in [1.82, 2.24) is 9.80 Å². The van der Waals surface area contributed by atoms with Crippen LogP contribution in [0.25, 0.3) is 0 Å². The third kappa shape index (κ3) is 4.70. The van der Waals surface area contributed by atoms with E-state index in [-0.39, 0.29) is 24.1 Å². The Kier molecular flexibility index (Phi) is 6.64. The Morgan fingerprint density at radius 3 is 2.46 bits per heavy atom. The summed E-state index contributed by atoms with van der Waals surface area (Å²) in [6.07, 6.45) is 4.93. The second-order valence-corrected chi connectivity index (χ2v) is 7.31. The molecule has 1 heterocycles. The number of likely N-dealkylation sites (N-methyl/N-ethyl adjacent to an activating group) is 1. The molecule has 1 aliphatic carbocycles. The molecule has 1 saturated carbocycles. The summed E-state index contributed by atoms with van der Waals surface area (Å²) >= 11 is 0. The van der Waals surface area contributed by atoms with Crippen molar-refractivity contribution in [2.24, 2.45) is 11.8 Å². The Hall–Kier alpha value is -1.13. The van der Waals surface area contributed by atoms with Crippen molar-refractivity contribution >= 4 is 18.3 Å². The first-order valence-corrected chi connectivity index (χ1v) is 8.73. The maximum atomic E-state index is 12.9. The van der Waals surface area contributed by atoms with Crippen molar-refractivity contribution in [1.29, 1.82) is 0 Å². The van der Waals surface area contributed by atoms with Gasteiger partial charge in [-0.1, -0.05) is 12.1 Å². The van der Waals surface area contributed by atoms with E-state index in [0.717, 1.165) is 37.4 Å². The fourth-order valence-electron chi connectivity index (χ4n) is 3.80. The largest absolute Gasteiger partial charge is 0.341 e. The Morgan fingerprint density at radius 1 is 1.21 bits per heavy atom. The number of aryl methyl sites for hydroxylation is 1. The van der Waals surface area contributed by atoms with Crippen LogP contribution in [0.3, 0.4) is 0 Å². The van der Waals surface area contributed by atoms with Crippen LogP contribution in [0, 0.1) is 17.7 Å². The quantitative estimate of drug-likeness (QED) is 0.782. The maximum Gasteiger partial charge on any atom is 0.222 e. The fraction of sp³-hybridized carbons (Fsp3) is 0.632. The van der Waals surface area contributed by atoms with Gasteiger partial charge in [-0.25, -0.2) is 4.39 Å². The number of rotatable bonds is 6. The van der Waals surface area contributed by atoms with E-state index in [0.29, 0.717) is 18.4 Å². The molecule has 0 unspecified atom stereocenters. The van der Waals surface area contributed by atoms with Gasteiger partial charge in [-0.05, 0) is 69.3 Å². The zero-order chi connectivity index (χ0) is 16.4. The molecule has 0 radical (unpaired) electrons. The molecule has 1 aliphatic heterocycles. The third-order valence-corrected chi connectivity index (χ3v) is 5.35. The van der Waals surface area contributed by atoms with Gasteiger partial charge >= 0.3 is 0 Å². The maximum absolute atomic E-state index is 12.9. The van der Waals surface area contributed by atoms with Gasteiger partial charge < -0.3 is 9.80 Å². The van der Waals surface area contributed by atoms with Crippen molar-refractivity contribution < 1.29 is 9.18 Å². The van der Waals surface area contributed by atoms with Crippen molar-refractivity contribution in [3.63, 3.8) is 0 Å². The van der Waals surface area contributed by atoms with Gasteiger partial charge in [-0.15, -0.1) is 12.4 Å². The highest BCUT2D eigenvalue weighted by molar-refractivity contribution is 5.85. The van der Waals surface area contributed by atoms with Gasteiger partial charge in [0.2, 0.25) is 5.91 Å². The molecule has 0 N–H and O–H groups in total. The minimum absolute atomic E-state index is 0. The minimum atomic E-state index is -0.206. The fourth-order valence-corrected chi connectivity index (χ4v) is 3.80. The van der Waals surface area contributed by atoms with Gasteiger partial charge in [0.25, 0.3) is 0 Å². The standard InChI is InChI=1S/C19H27FN2O.ClH/c1-21(2)18-13-22(12-17(18)15-8-9-15)19(23)5-3-4-14-6-10-16(20)11-7-14;/h6-7,10-11,15,17-18H,3-5,8-9,12-13H2,1-2H3;1H/t17-,18+;/m1./s1. The molecule has 1 saturated heterocycles. The predicted molar refractivity (Wildman–Crippen MR) is 96.9 cm³/mol. The summed E-state index contributed by atoms with van der Waals surface area (Å²) in [5, 5.41) is 0. The van der Waals surface area contributed by atoms with Crippen LogP contribution in [0.15, 0.2) is 24.3 Å². The number of hydrogen-bond donors (Lipinski definition) is 0. The first-order valence-electron chi connectivity index (χ1n) is 8.73. The lowest BCUT2D eigenvalue weighted by Gasteiger charge is -2.24. The monoisotopic (exact) mass is 354 g/mol. The van der Waals surface area contributed by atoms with E-state index in [4.69, 9.17) is 0 Å². The topological polar surface area (TPSA) is 23.6 Å². The summed E-state index contributed by atoms with van der Waals surface area (Å²) in [6, 6.07) is 7.10. The summed E-state index contributed by atoms with van der Waals surface area (Å²) in [6.45, 7) is 1.81. The first-order chi connectivity index (χ1) is 11.0. The lowest BCUT2D eigenvalue weighted by atomic mass is 9.97. The summed E-state index contributed by atoms with van der Waals surface area (Å²) in [7, 11) is 4.26. The number of nitrogens with zero attached hydrogens (tertiary/aromatic N) is 2. The zero-order valence-electron chi connectivity index (χ0n) is 14.6. The SMILES string of the molecule is CN(C)[C@H]1CN(C(=O)CCCc2ccc(F)cc2)C[C@@H]1C1CC1.Cl. The summed E-state index contributed by atoms with van der Waals surface area (Å²) in [5.74, 6) is 1.57. The van der Waals surface area contributed by atoms with E-state index < -0.39 is 0 Å². The summed E-state index contributed by atoms with van der Waals surface area (Å²) in [5.41, 5.74) is 1.10. The average Bonchev–Trinajstić information content (AvgIpc) is 3.27. The molecule has 1 aromatic rings. The van der Waals surface area contributed by atoms with Crippen molar-refractivity contribution in [3.8, 4) is 0 Å². The number of halogens is 2. The highest BCUT2D eigenvalue weighted by Gasteiger charge is 2.44. The van der Waals surface area contributed by atoms with Crippen LogP contribution in [0.1, 0.15) is 31.2 Å². The number of carbonyl (C=O) groups excluding carboxylic acids is 1. The van der Waals surface area contributed by atoms with Crippen LogP contribution in [0.5, 0.6) is 0 Å². The minimum Gasteiger partial charge on any atom is -0.341 e. The molecule has 0 aromatic heterocycles. The number of carbonyl (C=O) groups is 1. The predicted octanol–water partition coefficient (Wildman–Crippen LogP) is 3.37. The van der Waals surface area contributed by atoms with Gasteiger partial charge in [-0.3, -0.25) is 4.79 Å². The first kappa shape index (κ1) is 19.2. The second kappa shape index (κ2) is 8.30. The van der Waals surface area contributed by atoms with Gasteiger partial charge in [-0.2, -0.15) is 0 Å². The van der Waals surface area contributed by atoms with Gasteiger partial charge in [0.15, 0.2) is 0 Å². The van der Waals surface area contributed by atoms with Crippen LogP contribution in [0.2, 0.25) is 0 Å². The molecule has 0 spiro atoms. The molecule has 24 heavy (non-hydrogen) atoms. The van der Waals surface area contributed by atoms with Gasteiger partial charge in [0.1, 0.15) is 5.82 Å². The molecule has 2 aliphatic rings. The van der Waals surface area contributed by atoms with Crippen molar-refractivity contribution in [2.45, 2.75) is 38.1 Å². The van der Waals surface area contributed by atoms with Crippen LogP contribution in [0.4, 0.5) is 4.39 Å². The lowest BCUT2D eigenvalue weighted by Crippen LogP contribution is -2.36. The zero-order valence-corrected chi connectivity index (χ0v) is 15.4. The van der Waals surface area contributed by atoms with Gasteiger partial charge in [0.05, 0.1) is 0 Å². The average molecular weight is 355 g/mol. The number of amides is 1. The Labute approximate surface area is 150 Å². The van der Waals surface area contributed by atoms with Crippen LogP contribution < -0.4 is 0 Å². The number of benzene rings is 1. The summed E-state index contributed by atoms with van der Waals surface area (Å²) in [4.78, 5) is 16.8. The van der Waals surface area contributed by atoms with Gasteiger partial charge in [0, 0.05) is 25.6 Å². The molecular formula is C19H28ClFN2O. The molecule has 3 rings (SSSR count). The number of likely N-dealkylation sites (tertiary alicyclic amines) is 1. The van der Waals surface area contributed by atoms with E-state index in [1.54, 1.807) is 12.1 Å². The second-order valence-electron chi connectivity index (χ2n) is 7.31. The smallest absolute Gasteiger partial charge is 0.222 e. The van der Waals surface area contributed by atoms with Crippen LogP contribution in [-0.4, -0.2) is 48.9 Å². The normalized spacial score (nSPS) is 23.4. The Bertz CT molecular complexity index is 535. The summed E-state index contributed by atoms with van der Waals surface area (Å²) < 4.78 is 12.9. The van der Waals surface area contributed by atoms with E-state index in [9.17, 15) is 9.18 Å². The third-order valence-electron chi connectivity index (χ3n) is 5.35. The highest BCUT2D eigenvalue weighted by atomic mass is 35.5.